The Bertz CT molecular complexity index is 938. The van der Waals surface area contributed by atoms with Crippen molar-refractivity contribution in [3.05, 3.63) is 71.8 Å². The van der Waals surface area contributed by atoms with Crippen LogP contribution in [0.2, 0.25) is 0 Å². The van der Waals surface area contributed by atoms with Crippen LogP contribution in [0.25, 0.3) is 0 Å². The second-order valence-corrected chi connectivity index (χ2v) is 11.9. The summed E-state index contributed by atoms with van der Waals surface area (Å²) in [6.45, 7) is 4.39. The largest absolute Gasteiger partial charge is 0.452 e. The molecule has 2 aromatic carbocycles. The summed E-state index contributed by atoms with van der Waals surface area (Å²) in [5.74, 6) is 0.162. The van der Waals surface area contributed by atoms with Crippen molar-refractivity contribution in [2.24, 2.45) is 11.8 Å². The Labute approximate surface area is 199 Å². The number of carbonyl (C=O) groups excluding carboxylic acids is 2. The maximum absolute atomic E-state index is 13.2. The Morgan fingerprint density at radius 2 is 1.15 bits per heavy atom. The molecule has 0 spiro atoms. The average molecular weight is 483 g/mol. The van der Waals surface area contributed by atoms with Gasteiger partial charge in [0.1, 0.15) is 0 Å². The molecule has 5 nitrogen and oxygen atoms in total. The highest BCUT2D eigenvalue weighted by molar-refractivity contribution is 7.41. The molecule has 0 aromatic heterocycles. The van der Waals surface area contributed by atoms with E-state index in [4.69, 9.17) is 9.47 Å². The van der Waals surface area contributed by atoms with Gasteiger partial charge in [-0.1, -0.05) is 66.4 Å². The van der Waals surface area contributed by atoms with Crippen LogP contribution < -0.4 is 5.32 Å². The van der Waals surface area contributed by atoms with Gasteiger partial charge in [0.2, 0.25) is 0 Å². The number of benzene rings is 2. The monoisotopic (exact) mass is 483 g/mol. The summed E-state index contributed by atoms with van der Waals surface area (Å²) in [6.07, 6.45) is 3.64. The van der Waals surface area contributed by atoms with Gasteiger partial charge >= 0.3 is 11.9 Å². The summed E-state index contributed by atoms with van der Waals surface area (Å²) in [4.78, 5) is 26.4. The van der Waals surface area contributed by atoms with Crippen LogP contribution >= 0.6 is 17.2 Å². The lowest BCUT2D eigenvalue weighted by atomic mass is 9.68. The van der Waals surface area contributed by atoms with Crippen molar-refractivity contribution >= 4 is 29.1 Å². The van der Waals surface area contributed by atoms with E-state index in [1.54, 1.807) is 24.3 Å². The van der Waals surface area contributed by atoms with E-state index in [9.17, 15) is 9.59 Å². The van der Waals surface area contributed by atoms with E-state index in [1.807, 2.05) is 36.4 Å². The van der Waals surface area contributed by atoms with E-state index in [2.05, 4.69) is 18.6 Å². The summed E-state index contributed by atoms with van der Waals surface area (Å²) >= 11 is 0. The van der Waals surface area contributed by atoms with Crippen LogP contribution in [0.3, 0.4) is 0 Å². The molecule has 2 aromatic rings. The molecule has 0 radical (unpaired) electrons. The van der Waals surface area contributed by atoms with Crippen molar-refractivity contribution in [3.8, 4) is 0 Å². The second kappa shape index (κ2) is 9.10. The minimum Gasteiger partial charge on any atom is -0.452 e. The molecule has 0 amide bonds. The van der Waals surface area contributed by atoms with Gasteiger partial charge in [0.15, 0.2) is 12.2 Å². The predicted molar refractivity (Wildman–Crippen MR) is 134 cm³/mol. The summed E-state index contributed by atoms with van der Waals surface area (Å²) in [6, 6.07) is 18.2. The first kappa shape index (κ1) is 23.0. The molecule has 5 rings (SSSR count). The minimum absolute atomic E-state index is 0.347. The lowest BCUT2D eigenvalue weighted by Crippen LogP contribution is -2.59. The third kappa shape index (κ3) is 3.64. The molecule has 2 saturated heterocycles. The first-order chi connectivity index (χ1) is 16.1. The highest BCUT2D eigenvalue weighted by Gasteiger charge is 2.75. The maximum Gasteiger partial charge on any atom is 0.338 e. The molecule has 1 N–H and O–H groups in total. The number of rotatable bonds is 6. The van der Waals surface area contributed by atoms with E-state index in [0.717, 1.165) is 12.8 Å². The predicted octanol–water partition coefficient (Wildman–Crippen LogP) is 4.87. The molecule has 1 aliphatic carbocycles. The molecule has 1 saturated carbocycles. The number of hydrogen-bond donors (Lipinski definition) is 1. The number of esters is 2. The van der Waals surface area contributed by atoms with E-state index in [1.165, 1.54) is 12.8 Å². The van der Waals surface area contributed by atoms with Crippen molar-refractivity contribution in [2.45, 2.75) is 48.5 Å². The van der Waals surface area contributed by atoms with Crippen LogP contribution in [0.15, 0.2) is 60.7 Å². The molecule has 2 bridgehead atoms. The van der Waals surface area contributed by atoms with Crippen LogP contribution in [0, 0.1) is 11.8 Å². The van der Waals surface area contributed by atoms with Crippen LogP contribution in [-0.4, -0.2) is 48.0 Å². The van der Waals surface area contributed by atoms with Crippen LogP contribution in [-0.2, 0) is 9.47 Å². The molecule has 8 unspecified atom stereocenters. The fraction of sp³-hybridized carbons (Fsp3) is 0.462. The average Bonchev–Trinajstić information content (AvgIpc) is 3.33. The Morgan fingerprint density at radius 3 is 1.52 bits per heavy atom. The van der Waals surface area contributed by atoms with Gasteiger partial charge in [0.25, 0.3) is 0 Å². The molecule has 8 atom stereocenters. The molecule has 33 heavy (non-hydrogen) atoms. The third-order valence-corrected chi connectivity index (χ3v) is 11.1. The smallest absolute Gasteiger partial charge is 0.338 e. The molecule has 2 heterocycles. The van der Waals surface area contributed by atoms with Crippen molar-refractivity contribution in [1.29, 1.82) is 0 Å². The lowest BCUT2D eigenvalue weighted by molar-refractivity contribution is -0.0736. The second-order valence-electron chi connectivity index (χ2n) is 9.24. The highest BCUT2D eigenvalue weighted by Crippen LogP contribution is 2.68. The van der Waals surface area contributed by atoms with Gasteiger partial charge in [-0.2, -0.15) is 0 Å². The third-order valence-electron chi connectivity index (χ3n) is 7.84. The first-order valence-corrected chi connectivity index (χ1v) is 14.7. The standard InChI is InChI=1S/C26H31NO4P2/c1-32-25-19-15-9-10-16-20(19)26(27-25,33-2)22(31-24(29)18-13-7-4-8-14-18)21(25)30-23(28)17-11-5-3-6-12-17/h3-8,11-14,19-22,27,32-33H,9-10,15-16H2,1-2H3. The van der Waals surface area contributed by atoms with E-state index < -0.39 is 12.2 Å². The van der Waals surface area contributed by atoms with Gasteiger partial charge in [0, 0.05) is 0 Å². The number of carbonyl (C=O) groups is 2. The van der Waals surface area contributed by atoms with Crippen molar-refractivity contribution in [1.82, 2.24) is 5.32 Å². The zero-order valence-electron chi connectivity index (χ0n) is 19.0. The summed E-state index contributed by atoms with van der Waals surface area (Å²) < 4.78 is 12.6. The molecule has 2 aliphatic heterocycles. The van der Waals surface area contributed by atoms with Crippen LogP contribution in [0.4, 0.5) is 0 Å². The Balaban J connectivity index is 1.54. The normalized spacial score (nSPS) is 35.2. The highest BCUT2D eigenvalue weighted by atomic mass is 31.1. The zero-order chi connectivity index (χ0) is 23.1. The van der Waals surface area contributed by atoms with Crippen LogP contribution in [0.5, 0.6) is 0 Å². The SMILES string of the molecule is CPC12NC(PC)(C3CCCCC31)C(OC(=O)c1ccccc1)C2OC(=O)c1ccccc1. The molecule has 3 fully saturated rings. The minimum atomic E-state index is -0.506. The maximum atomic E-state index is 13.2. The molecule has 7 heteroatoms. The lowest BCUT2D eigenvalue weighted by Gasteiger charge is -2.49. The van der Waals surface area contributed by atoms with Crippen LogP contribution in [0.1, 0.15) is 46.4 Å². The van der Waals surface area contributed by atoms with E-state index >= 15 is 0 Å². The van der Waals surface area contributed by atoms with Crippen molar-refractivity contribution in [2.75, 3.05) is 13.3 Å². The molecular weight excluding hydrogens is 452 g/mol. The number of hydrogen-bond acceptors (Lipinski definition) is 5. The number of nitrogens with one attached hydrogen (secondary N) is 1. The summed E-state index contributed by atoms with van der Waals surface area (Å²) in [5.41, 5.74) is 1.05. The van der Waals surface area contributed by atoms with Gasteiger partial charge in [-0.3, -0.25) is 5.32 Å². The van der Waals surface area contributed by atoms with E-state index in [0.29, 0.717) is 40.1 Å². The fourth-order valence-corrected chi connectivity index (χ4v) is 9.61. The topological polar surface area (TPSA) is 64.6 Å². The molecule has 3 aliphatic rings. The Kier molecular flexibility index (Phi) is 6.33. The Hall–Kier alpha value is -1.80. The van der Waals surface area contributed by atoms with Crippen molar-refractivity contribution in [3.63, 3.8) is 0 Å². The molecular formula is C26H31NO4P2. The van der Waals surface area contributed by atoms with Gasteiger partial charge in [-0.15, -0.1) is 0 Å². The van der Waals surface area contributed by atoms with Crippen molar-refractivity contribution < 1.29 is 19.1 Å². The summed E-state index contributed by atoms with van der Waals surface area (Å²) in [5, 5.41) is 3.29. The van der Waals surface area contributed by atoms with E-state index in [-0.39, 0.29) is 22.5 Å². The number of ether oxygens (including phenoxy) is 2. The first-order valence-electron chi connectivity index (χ1n) is 11.7. The molecule has 174 valence electrons. The Morgan fingerprint density at radius 1 is 0.758 bits per heavy atom. The quantitative estimate of drug-likeness (QED) is 0.469. The van der Waals surface area contributed by atoms with Gasteiger partial charge in [-0.25, -0.2) is 9.59 Å². The number of fused-ring (bicyclic) bond motifs is 5. The van der Waals surface area contributed by atoms with Gasteiger partial charge in [-0.05, 0) is 62.3 Å². The van der Waals surface area contributed by atoms with Gasteiger partial charge in [0.05, 0.1) is 21.7 Å². The summed E-state index contributed by atoms with van der Waals surface area (Å²) in [7, 11) is 1.06. The zero-order valence-corrected chi connectivity index (χ0v) is 21.0. The fourth-order valence-electron chi connectivity index (χ4n) is 6.40. The van der Waals surface area contributed by atoms with Gasteiger partial charge < -0.3 is 9.47 Å².